The Morgan fingerprint density at radius 3 is 2.50 bits per heavy atom. The number of carbonyl (C=O) groups is 1. The van der Waals surface area contributed by atoms with Crippen LogP contribution in [-0.2, 0) is 4.79 Å². The number of hydrogen-bond acceptors (Lipinski definition) is 2. The van der Waals surface area contributed by atoms with Crippen molar-refractivity contribution in [1.82, 2.24) is 9.55 Å². The largest absolute Gasteiger partial charge is 0.310 e. The van der Waals surface area contributed by atoms with Crippen LogP contribution in [0, 0.1) is 11.6 Å². The van der Waals surface area contributed by atoms with E-state index in [1.807, 2.05) is 30.3 Å². The van der Waals surface area contributed by atoms with Gasteiger partial charge in [0.2, 0.25) is 5.91 Å². The molecule has 1 aliphatic rings. The first-order valence-corrected chi connectivity index (χ1v) is 7.50. The smallest absolute Gasteiger partial charge is 0.226 e. The maximum Gasteiger partial charge on any atom is 0.226 e. The minimum atomic E-state index is -0.686. The van der Waals surface area contributed by atoms with Crippen LogP contribution < -0.4 is 5.32 Å². The lowest BCUT2D eigenvalue weighted by molar-refractivity contribution is -0.116. The number of rotatable bonds is 2. The number of nitrogens with one attached hydrogen (secondary N) is 1. The second-order valence-corrected chi connectivity index (χ2v) is 5.69. The molecule has 1 N–H and O–H groups in total. The number of nitrogens with zero attached hydrogens (tertiary/aromatic N) is 2. The molecule has 2 aromatic carbocycles. The summed E-state index contributed by atoms with van der Waals surface area (Å²) >= 11 is 0. The Balaban J connectivity index is 1.84. The Morgan fingerprint density at radius 2 is 1.79 bits per heavy atom. The van der Waals surface area contributed by atoms with Crippen molar-refractivity contribution in [2.45, 2.75) is 12.3 Å². The number of halogens is 2. The van der Waals surface area contributed by atoms with Crippen LogP contribution in [0.4, 0.5) is 14.6 Å². The van der Waals surface area contributed by atoms with Crippen LogP contribution in [0.1, 0.15) is 23.6 Å². The van der Waals surface area contributed by atoms with Crippen LogP contribution in [0.3, 0.4) is 0 Å². The van der Waals surface area contributed by atoms with E-state index in [0.717, 1.165) is 11.6 Å². The van der Waals surface area contributed by atoms with Crippen molar-refractivity contribution in [3.8, 4) is 5.69 Å². The summed E-state index contributed by atoms with van der Waals surface area (Å²) in [5.41, 5.74) is 1.94. The van der Waals surface area contributed by atoms with Crippen LogP contribution in [0.25, 0.3) is 5.69 Å². The van der Waals surface area contributed by atoms with Crippen molar-refractivity contribution in [2.75, 3.05) is 5.32 Å². The number of amides is 1. The minimum absolute atomic E-state index is 0.157. The highest BCUT2D eigenvalue weighted by Crippen LogP contribution is 2.37. The summed E-state index contributed by atoms with van der Waals surface area (Å²) < 4.78 is 28.5. The van der Waals surface area contributed by atoms with E-state index in [-0.39, 0.29) is 23.9 Å². The topological polar surface area (TPSA) is 46.9 Å². The molecule has 0 saturated heterocycles. The molecule has 1 aromatic heterocycles. The van der Waals surface area contributed by atoms with Crippen LogP contribution >= 0.6 is 0 Å². The number of imidazole rings is 1. The molecule has 1 amide bonds. The quantitative estimate of drug-likeness (QED) is 0.782. The standard InChI is InChI=1S/C18H13F2N3O/c19-12-6-13(20)8-14(7-12)23-10-21-17-15(9-16(24)22-18(17)23)11-4-2-1-3-5-11/h1-8,10,15H,9H2,(H,22,24). The fourth-order valence-electron chi connectivity index (χ4n) is 3.04. The molecule has 24 heavy (non-hydrogen) atoms. The SMILES string of the molecule is O=C1CC(c2ccccc2)c2ncn(-c3cc(F)cc(F)c3)c2N1. The fraction of sp³-hybridized carbons (Fsp3) is 0.111. The van der Waals surface area contributed by atoms with E-state index >= 15 is 0 Å². The summed E-state index contributed by atoms with van der Waals surface area (Å²) in [6.07, 6.45) is 1.76. The molecule has 1 atom stereocenters. The lowest BCUT2D eigenvalue weighted by Crippen LogP contribution is -2.24. The molecule has 3 aromatic rings. The molecule has 0 saturated carbocycles. The number of benzene rings is 2. The summed E-state index contributed by atoms with van der Waals surface area (Å²) in [7, 11) is 0. The predicted molar refractivity (Wildman–Crippen MR) is 85.0 cm³/mol. The number of aromatic nitrogens is 2. The molecule has 0 radical (unpaired) electrons. The molecular weight excluding hydrogens is 312 g/mol. The number of fused-ring (bicyclic) bond motifs is 1. The van der Waals surface area contributed by atoms with Crippen molar-refractivity contribution in [3.05, 3.63) is 77.8 Å². The second-order valence-electron chi connectivity index (χ2n) is 5.69. The zero-order chi connectivity index (χ0) is 16.7. The third-order valence-electron chi connectivity index (χ3n) is 4.10. The van der Waals surface area contributed by atoms with E-state index in [2.05, 4.69) is 10.3 Å². The van der Waals surface area contributed by atoms with Gasteiger partial charge < -0.3 is 5.32 Å². The predicted octanol–water partition coefficient (Wildman–Crippen LogP) is 3.62. The Hall–Kier alpha value is -3.02. The monoisotopic (exact) mass is 325 g/mol. The molecule has 6 heteroatoms. The van der Waals surface area contributed by atoms with Crippen LogP contribution in [-0.4, -0.2) is 15.5 Å². The first-order valence-electron chi connectivity index (χ1n) is 7.50. The van der Waals surface area contributed by atoms with Gasteiger partial charge in [0.15, 0.2) is 0 Å². The highest BCUT2D eigenvalue weighted by molar-refractivity contribution is 5.94. The number of carbonyl (C=O) groups excluding carboxylic acids is 1. The third kappa shape index (κ3) is 2.46. The molecular formula is C18H13F2N3O. The van der Waals surface area contributed by atoms with E-state index in [9.17, 15) is 13.6 Å². The molecule has 120 valence electrons. The average molecular weight is 325 g/mol. The molecule has 0 bridgehead atoms. The van der Waals surface area contributed by atoms with Gasteiger partial charge >= 0.3 is 0 Å². The molecule has 2 heterocycles. The van der Waals surface area contributed by atoms with Crippen molar-refractivity contribution >= 4 is 11.7 Å². The summed E-state index contributed by atoms with van der Waals surface area (Å²) in [4.78, 5) is 16.5. The molecule has 1 aliphatic heterocycles. The summed E-state index contributed by atoms with van der Waals surface area (Å²) in [5.74, 6) is -1.27. The van der Waals surface area contributed by atoms with Gasteiger partial charge in [0.1, 0.15) is 23.8 Å². The summed E-state index contributed by atoms with van der Waals surface area (Å²) in [5, 5.41) is 2.76. The molecule has 4 rings (SSSR count). The van der Waals surface area contributed by atoms with Gasteiger partial charge in [-0.25, -0.2) is 13.8 Å². The second kappa shape index (κ2) is 5.56. The van der Waals surface area contributed by atoms with E-state index in [1.54, 1.807) is 0 Å². The van der Waals surface area contributed by atoms with E-state index in [0.29, 0.717) is 11.5 Å². The maximum absolute atomic E-state index is 13.5. The number of anilines is 1. The molecule has 0 aliphatic carbocycles. The van der Waals surface area contributed by atoms with Crippen molar-refractivity contribution in [3.63, 3.8) is 0 Å². The zero-order valence-electron chi connectivity index (χ0n) is 12.5. The lowest BCUT2D eigenvalue weighted by Gasteiger charge is -2.23. The highest BCUT2D eigenvalue weighted by atomic mass is 19.1. The normalized spacial score (nSPS) is 16.6. The fourth-order valence-corrected chi connectivity index (χ4v) is 3.04. The van der Waals surface area contributed by atoms with Gasteiger partial charge in [0, 0.05) is 18.4 Å². The van der Waals surface area contributed by atoms with Gasteiger partial charge in [-0.15, -0.1) is 0 Å². The first kappa shape index (κ1) is 14.6. The van der Waals surface area contributed by atoms with Crippen LogP contribution in [0.5, 0.6) is 0 Å². The van der Waals surface area contributed by atoms with Gasteiger partial charge in [0.05, 0.1) is 11.4 Å². The van der Waals surface area contributed by atoms with Gasteiger partial charge in [0.25, 0.3) is 0 Å². The molecule has 0 fully saturated rings. The number of hydrogen-bond donors (Lipinski definition) is 1. The van der Waals surface area contributed by atoms with Gasteiger partial charge in [-0.1, -0.05) is 30.3 Å². The average Bonchev–Trinajstić information content (AvgIpc) is 2.97. The zero-order valence-corrected chi connectivity index (χ0v) is 12.5. The van der Waals surface area contributed by atoms with Gasteiger partial charge in [-0.3, -0.25) is 9.36 Å². The van der Waals surface area contributed by atoms with Crippen molar-refractivity contribution in [1.29, 1.82) is 0 Å². The Labute approximate surface area is 136 Å². The maximum atomic E-state index is 13.5. The van der Waals surface area contributed by atoms with Crippen LogP contribution in [0.15, 0.2) is 54.9 Å². The highest BCUT2D eigenvalue weighted by Gasteiger charge is 2.30. The third-order valence-corrected chi connectivity index (χ3v) is 4.10. The minimum Gasteiger partial charge on any atom is -0.310 e. The van der Waals surface area contributed by atoms with Gasteiger partial charge in [-0.2, -0.15) is 0 Å². The van der Waals surface area contributed by atoms with Crippen molar-refractivity contribution < 1.29 is 13.6 Å². The lowest BCUT2D eigenvalue weighted by atomic mass is 9.90. The van der Waals surface area contributed by atoms with Gasteiger partial charge in [-0.05, 0) is 17.7 Å². The Bertz CT molecular complexity index is 901. The van der Waals surface area contributed by atoms with E-state index in [1.165, 1.54) is 23.0 Å². The Kier molecular flexibility index (Phi) is 3.37. The van der Waals surface area contributed by atoms with Crippen molar-refractivity contribution in [2.24, 2.45) is 0 Å². The van der Waals surface area contributed by atoms with E-state index < -0.39 is 11.6 Å². The first-order chi connectivity index (χ1) is 11.6. The molecule has 0 spiro atoms. The molecule has 4 nitrogen and oxygen atoms in total. The summed E-state index contributed by atoms with van der Waals surface area (Å²) in [6.45, 7) is 0. The Morgan fingerprint density at radius 1 is 1.08 bits per heavy atom. The summed E-state index contributed by atoms with van der Waals surface area (Å²) in [6, 6.07) is 12.8. The van der Waals surface area contributed by atoms with Crippen LogP contribution in [0.2, 0.25) is 0 Å². The molecule has 1 unspecified atom stereocenters. The van der Waals surface area contributed by atoms with E-state index in [4.69, 9.17) is 0 Å².